The van der Waals surface area contributed by atoms with E-state index in [1.165, 1.54) is 6.07 Å². The molecule has 1 N–H and O–H groups in total. The molecule has 4 nitrogen and oxygen atoms in total. The minimum atomic E-state index is -0.912. The van der Waals surface area contributed by atoms with Crippen LogP contribution in [0.15, 0.2) is 18.2 Å². The molecule has 0 aromatic heterocycles. The summed E-state index contributed by atoms with van der Waals surface area (Å²) >= 11 is 0. The lowest BCUT2D eigenvalue weighted by atomic mass is 9.99. The molecular weight excluding hydrogens is 285 g/mol. The molecule has 2 rings (SSSR count). The first-order valence-corrected chi connectivity index (χ1v) is 7.63. The highest BCUT2D eigenvalue weighted by Gasteiger charge is 2.37. The van der Waals surface area contributed by atoms with Gasteiger partial charge >= 0.3 is 6.09 Å². The number of halogens is 1. The Hall–Kier alpha value is -1.62. The first kappa shape index (κ1) is 16.7. The second kappa shape index (κ2) is 6.24. The van der Waals surface area contributed by atoms with Gasteiger partial charge in [0.05, 0.1) is 12.1 Å². The molecule has 5 heteroatoms. The van der Waals surface area contributed by atoms with Crippen LogP contribution in [0.5, 0.6) is 0 Å². The van der Waals surface area contributed by atoms with Crippen molar-refractivity contribution in [3.05, 3.63) is 35.1 Å². The zero-order valence-electron chi connectivity index (χ0n) is 13.6. The number of nitrogens with zero attached hydrogens (tertiary/aromatic N) is 1. The average Bonchev–Trinajstić information content (AvgIpc) is 2.88. The number of rotatable bonds is 2. The van der Waals surface area contributed by atoms with Gasteiger partial charge in [0.2, 0.25) is 0 Å². The van der Waals surface area contributed by atoms with Crippen LogP contribution in [0.4, 0.5) is 9.18 Å². The molecule has 122 valence electrons. The van der Waals surface area contributed by atoms with Gasteiger partial charge in [0.1, 0.15) is 11.4 Å². The van der Waals surface area contributed by atoms with Gasteiger partial charge in [-0.2, -0.15) is 0 Å². The fourth-order valence-electron chi connectivity index (χ4n) is 2.68. The van der Waals surface area contributed by atoms with Crippen LogP contribution in [-0.4, -0.2) is 34.3 Å². The van der Waals surface area contributed by atoms with Gasteiger partial charge in [0.15, 0.2) is 0 Å². The maximum Gasteiger partial charge on any atom is 0.410 e. The van der Waals surface area contributed by atoms with E-state index in [1.54, 1.807) is 24.0 Å². The number of carbonyl (C=O) groups excluding carboxylic acids is 1. The third-order valence-corrected chi connectivity index (χ3v) is 3.83. The molecule has 1 saturated heterocycles. The van der Waals surface area contributed by atoms with Crippen LogP contribution < -0.4 is 0 Å². The van der Waals surface area contributed by atoms with Gasteiger partial charge in [-0.15, -0.1) is 0 Å². The first-order chi connectivity index (χ1) is 10.2. The van der Waals surface area contributed by atoms with E-state index in [9.17, 15) is 14.3 Å². The quantitative estimate of drug-likeness (QED) is 0.908. The highest BCUT2D eigenvalue weighted by atomic mass is 19.1. The molecule has 1 aromatic rings. The lowest BCUT2D eigenvalue weighted by Crippen LogP contribution is -2.42. The maximum absolute atomic E-state index is 13.7. The summed E-state index contributed by atoms with van der Waals surface area (Å²) in [4.78, 5) is 13.8. The number of aryl methyl sites for hydroxylation is 1. The molecule has 1 aliphatic rings. The zero-order valence-corrected chi connectivity index (χ0v) is 13.6. The van der Waals surface area contributed by atoms with Gasteiger partial charge in [-0.25, -0.2) is 9.18 Å². The minimum absolute atomic E-state index is 0.349. The monoisotopic (exact) mass is 309 g/mol. The summed E-state index contributed by atoms with van der Waals surface area (Å²) in [5.41, 5.74) is 0.445. The molecule has 22 heavy (non-hydrogen) atoms. The molecule has 1 amide bonds. The van der Waals surface area contributed by atoms with Crippen LogP contribution in [0.3, 0.4) is 0 Å². The SMILES string of the molecule is Cc1ccc([C@H](O)[C@@H]2CCCN2C(=O)OC(C)(C)C)cc1F. The second-order valence-electron chi connectivity index (χ2n) is 6.84. The van der Waals surface area contributed by atoms with E-state index in [1.807, 2.05) is 20.8 Å². The average molecular weight is 309 g/mol. The zero-order chi connectivity index (χ0) is 16.5. The van der Waals surface area contributed by atoms with Crippen molar-refractivity contribution in [1.82, 2.24) is 4.90 Å². The van der Waals surface area contributed by atoms with Crippen molar-refractivity contribution >= 4 is 6.09 Å². The van der Waals surface area contributed by atoms with Crippen LogP contribution in [0.1, 0.15) is 50.8 Å². The Kier molecular flexibility index (Phi) is 4.75. The van der Waals surface area contributed by atoms with Crippen LogP contribution in [0.2, 0.25) is 0 Å². The number of aliphatic hydroxyl groups excluding tert-OH is 1. The van der Waals surface area contributed by atoms with E-state index in [2.05, 4.69) is 0 Å². The minimum Gasteiger partial charge on any atom is -0.444 e. The smallest absolute Gasteiger partial charge is 0.410 e. The molecule has 1 fully saturated rings. The normalized spacial score (nSPS) is 20.1. The number of carbonyl (C=O) groups is 1. The lowest BCUT2D eigenvalue weighted by molar-refractivity contribution is 0.00487. The third kappa shape index (κ3) is 3.77. The summed E-state index contributed by atoms with van der Waals surface area (Å²) < 4.78 is 19.1. The van der Waals surface area contributed by atoms with E-state index in [0.717, 1.165) is 6.42 Å². The van der Waals surface area contributed by atoms with Gasteiger partial charge in [0.25, 0.3) is 0 Å². The topological polar surface area (TPSA) is 49.8 Å². The fourth-order valence-corrected chi connectivity index (χ4v) is 2.68. The van der Waals surface area contributed by atoms with Gasteiger partial charge in [-0.1, -0.05) is 12.1 Å². The maximum atomic E-state index is 13.7. The Morgan fingerprint density at radius 3 is 2.73 bits per heavy atom. The third-order valence-electron chi connectivity index (χ3n) is 3.83. The molecule has 1 heterocycles. The van der Waals surface area contributed by atoms with Crippen molar-refractivity contribution in [2.75, 3.05) is 6.54 Å². The van der Waals surface area contributed by atoms with Crippen molar-refractivity contribution in [2.45, 2.75) is 58.3 Å². The Balaban J connectivity index is 2.15. The number of likely N-dealkylation sites (tertiary alicyclic amines) is 1. The second-order valence-corrected chi connectivity index (χ2v) is 6.84. The summed E-state index contributed by atoms with van der Waals surface area (Å²) in [6.45, 7) is 7.64. The Bertz CT molecular complexity index is 553. The highest BCUT2D eigenvalue weighted by Crippen LogP contribution is 2.31. The summed E-state index contributed by atoms with van der Waals surface area (Å²) in [7, 11) is 0. The Morgan fingerprint density at radius 1 is 1.45 bits per heavy atom. The molecule has 0 radical (unpaired) electrons. The van der Waals surface area contributed by atoms with E-state index in [0.29, 0.717) is 24.1 Å². The number of aliphatic hydroxyl groups is 1. The molecular formula is C17H24FNO3. The van der Waals surface area contributed by atoms with Crippen molar-refractivity contribution in [2.24, 2.45) is 0 Å². The van der Waals surface area contributed by atoms with Crippen molar-refractivity contribution in [1.29, 1.82) is 0 Å². The predicted molar refractivity (Wildman–Crippen MR) is 82.1 cm³/mol. The summed E-state index contributed by atoms with van der Waals surface area (Å²) in [5, 5.41) is 10.5. The number of ether oxygens (including phenoxy) is 1. The summed E-state index contributed by atoms with van der Waals surface area (Å²) in [6.07, 6.45) is 0.136. The molecule has 0 bridgehead atoms. The van der Waals surface area contributed by atoms with E-state index < -0.39 is 17.8 Å². The van der Waals surface area contributed by atoms with Gasteiger partial charge in [0, 0.05) is 6.54 Å². The van der Waals surface area contributed by atoms with Crippen molar-refractivity contribution < 1.29 is 19.0 Å². The summed E-state index contributed by atoms with van der Waals surface area (Å²) in [6, 6.07) is 4.30. The number of benzene rings is 1. The van der Waals surface area contributed by atoms with Gasteiger partial charge in [-0.05, 0) is 57.7 Å². The van der Waals surface area contributed by atoms with Crippen LogP contribution >= 0.6 is 0 Å². The van der Waals surface area contributed by atoms with E-state index >= 15 is 0 Å². The molecule has 0 unspecified atom stereocenters. The Morgan fingerprint density at radius 2 is 2.14 bits per heavy atom. The first-order valence-electron chi connectivity index (χ1n) is 7.63. The van der Waals surface area contributed by atoms with Gasteiger partial charge < -0.3 is 14.7 Å². The lowest BCUT2D eigenvalue weighted by Gasteiger charge is -2.31. The van der Waals surface area contributed by atoms with Crippen molar-refractivity contribution in [3.8, 4) is 0 Å². The number of hydrogen-bond acceptors (Lipinski definition) is 3. The molecule has 0 saturated carbocycles. The number of amides is 1. The van der Waals surface area contributed by atoms with Crippen LogP contribution in [0, 0.1) is 12.7 Å². The fraction of sp³-hybridized carbons (Fsp3) is 0.588. The Labute approximate surface area is 130 Å². The van der Waals surface area contributed by atoms with Gasteiger partial charge in [-0.3, -0.25) is 0 Å². The standard InChI is InChI=1S/C17H24FNO3/c1-11-7-8-12(10-13(11)18)15(20)14-6-5-9-19(14)16(21)22-17(2,3)4/h7-8,10,14-15,20H,5-6,9H2,1-4H3/t14-,15-/m0/s1. The molecule has 1 aromatic carbocycles. The largest absolute Gasteiger partial charge is 0.444 e. The van der Waals surface area contributed by atoms with Crippen LogP contribution in [-0.2, 0) is 4.74 Å². The van der Waals surface area contributed by atoms with E-state index in [4.69, 9.17) is 4.74 Å². The predicted octanol–water partition coefficient (Wildman–Crippen LogP) is 3.57. The molecule has 2 atom stereocenters. The highest BCUT2D eigenvalue weighted by molar-refractivity contribution is 5.69. The molecule has 0 spiro atoms. The van der Waals surface area contributed by atoms with Crippen molar-refractivity contribution in [3.63, 3.8) is 0 Å². The van der Waals surface area contributed by atoms with E-state index in [-0.39, 0.29) is 11.9 Å². The summed E-state index contributed by atoms with van der Waals surface area (Å²) in [5.74, 6) is -0.349. The molecule has 1 aliphatic heterocycles. The number of hydrogen-bond donors (Lipinski definition) is 1. The molecule has 0 aliphatic carbocycles. The van der Waals surface area contributed by atoms with Crippen LogP contribution in [0.25, 0.3) is 0 Å².